The van der Waals surface area contributed by atoms with Gasteiger partial charge in [0.25, 0.3) is 0 Å². The smallest absolute Gasteiger partial charge is 0.122 e. The highest BCUT2D eigenvalue weighted by atomic mass is 35.5. The van der Waals surface area contributed by atoms with Gasteiger partial charge in [-0.1, -0.05) is 32.4 Å². The first-order chi connectivity index (χ1) is 7.95. The van der Waals surface area contributed by atoms with Gasteiger partial charge >= 0.3 is 0 Å². The van der Waals surface area contributed by atoms with Crippen LogP contribution in [-0.4, -0.2) is 13.2 Å². The SMILES string of the molecule is Cc1cc(Cl)c(C(C)C)cc1OCC(C)CN. The molecule has 1 aromatic carbocycles. The monoisotopic (exact) mass is 255 g/mol. The van der Waals surface area contributed by atoms with Crippen molar-refractivity contribution in [1.82, 2.24) is 0 Å². The summed E-state index contributed by atoms with van der Waals surface area (Å²) in [5, 5.41) is 0.816. The Bertz CT molecular complexity index is 377. The van der Waals surface area contributed by atoms with Crippen LogP contribution in [0.5, 0.6) is 5.75 Å². The van der Waals surface area contributed by atoms with E-state index in [0.717, 1.165) is 21.9 Å². The van der Waals surface area contributed by atoms with Gasteiger partial charge in [-0.2, -0.15) is 0 Å². The second kappa shape index (κ2) is 6.27. The molecule has 1 rings (SSSR count). The summed E-state index contributed by atoms with van der Waals surface area (Å²) in [5.41, 5.74) is 7.78. The van der Waals surface area contributed by atoms with E-state index >= 15 is 0 Å². The zero-order chi connectivity index (χ0) is 13.0. The number of aryl methyl sites for hydroxylation is 1. The van der Waals surface area contributed by atoms with Crippen LogP contribution in [0.2, 0.25) is 5.02 Å². The Morgan fingerprint density at radius 1 is 1.29 bits per heavy atom. The topological polar surface area (TPSA) is 35.2 Å². The molecule has 0 aliphatic carbocycles. The first kappa shape index (κ1) is 14.3. The number of halogens is 1. The fraction of sp³-hybridized carbons (Fsp3) is 0.571. The van der Waals surface area contributed by atoms with E-state index in [1.807, 2.05) is 19.1 Å². The molecule has 0 aromatic heterocycles. The molecule has 0 fully saturated rings. The standard InChI is InChI=1S/C14H22ClNO/c1-9(2)12-6-14(11(4)5-13(12)15)17-8-10(3)7-16/h5-6,9-10H,7-8,16H2,1-4H3. The van der Waals surface area contributed by atoms with Crippen LogP contribution in [0.25, 0.3) is 0 Å². The molecule has 2 N–H and O–H groups in total. The highest BCUT2D eigenvalue weighted by Crippen LogP contribution is 2.31. The fourth-order valence-electron chi connectivity index (χ4n) is 1.57. The molecule has 96 valence electrons. The molecule has 0 radical (unpaired) electrons. The first-order valence-corrected chi connectivity index (χ1v) is 6.46. The predicted octanol–water partition coefficient (Wildman–Crippen LogP) is 3.75. The van der Waals surface area contributed by atoms with E-state index in [0.29, 0.717) is 25.0 Å². The summed E-state index contributed by atoms with van der Waals surface area (Å²) in [6, 6.07) is 4.02. The quantitative estimate of drug-likeness (QED) is 0.870. The van der Waals surface area contributed by atoms with E-state index in [1.54, 1.807) is 0 Å². The summed E-state index contributed by atoms with van der Waals surface area (Å²) in [4.78, 5) is 0. The van der Waals surface area contributed by atoms with Gasteiger partial charge in [-0.3, -0.25) is 0 Å². The Kier molecular flexibility index (Phi) is 5.29. The van der Waals surface area contributed by atoms with Crippen molar-refractivity contribution >= 4 is 11.6 Å². The maximum absolute atomic E-state index is 6.21. The normalized spacial score (nSPS) is 12.9. The van der Waals surface area contributed by atoms with Crippen LogP contribution in [0.3, 0.4) is 0 Å². The van der Waals surface area contributed by atoms with Crippen molar-refractivity contribution in [2.75, 3.05) is 13.2 Å². The fourth-order valence-corrected chi connectivity index (χ4v) is 2.00. The summed E-state index contributed by atoms with van der Waals surface area (Å²) in [7, 11) is 0. The summed E-state index contributed by atoms with van der Waals surface area (Å²) in [6.45, 7) is 9.64. The average molecular weight is 256 g/mol. The Hall–Kier alpha value is -0.730. The maximum atomic E-state index is 6.21. The zero-order valence-corrected chi connectivity index (χ0v) is 11.8. The Labute approximate surface area is 109 Å². The minimum absolute atomic E-state index is 0.368. The van der Waals surface area contributed by atoms with E-state index in [-0.39, 0.29) is 0 Å². The lowest BCUT2D eigenvalue weighted by Crippen LogP contribution is -2.18. The summed E-state index contributed by atoms with van der Waals surface area (Å²) in [5.74, 6) is 1.68. The van der Waals surface area contributed by atoms with Gasteiger partial charge < -0.3 is 10.5 Å². The van der Waals surface area contributed by atoms with Crippen LogP contribution in [-0.2, 0) is 0 Å². The van der Waals surface area contributed by atoms with E-state index in [2.05, 4.69) is 20.8 Å². The van der Waals surface area contributed by atoms with Gasteiger partial charge in [-0.05, 0) is 42.6 Å². The molecule has 0 heterocycles. The van der Waals surface area contributed by atoms with Gasteiger partial charge in [0, 0.05) is 10.9 Å². The third-order valence-electron chi connectivity index (χ3n) is 2.84. The van der Waals surface area contributed by atoms with E-state index in [4.69, 9.17) is 22.1 Å². The van der Waals surface area contributed by atoms with Crippen molar-refractivity contribution in [3.8, 4) is 5.75 Å². The van der Waals surface area contributed by atoms with E-state index in [9.17, 15) is 0 Å². The largest absolute Gasteiger partial charge is 0.493 e. The Balaban J connectivity index is 2.88. The van der Waals surface area contributed by atoms with Gasteiger partial charge in [0.1, 0.15) is 5.75 Å². The number of hydrogen-bond acceptors (Lipinski definition) is 2. The third kappa shape index (κ3) is 3.90. The zero-order valence-electron chi connectivity index (χ0n) is 11.1. The number of rotatable bonds is 5. The first-order valence-electron chi connectivity index (χ1n) is 6.08. The number of benzene rings is 1. The molecule has 17 heavy (non-hydrogen) atoms. The van der Waals surface area contributed by atoms with Crippen LogP contribution in [0, 0.1) is 12.8 Å². The molecule has 0 bridgehead atoms. The van der Waals surface area contributed by atoms with Gasteiger partial charge in [0.05, 0.1) is 6.61 Å². The van der Waals surface area contributed by atoms with Crippen molar-refractivity contribution in [3.63, 3.8) is 0 Å². The van der Waals surface area contributed by atoms with Crippen molar-refractivity contribution < 1.29 is 4.74 Å². The van der Waals surface area contributed by atoms with Crippen molar-refractivity contribution in [2.45, 2.75) is 33.6 Å². The van der Waals surface area contributed by atoms with Crippen LogP contribution in [0.1, 0.15) is 37.8 Å². The van der Waals surface area contributed by atoms with E-state index in [1.165, 1.54) is 0 Å². The lowest BCUT2D eigenvalue weighted by molar-refractivity contribution is 0.262. The molecule has 0 amide bonds. The molecule has 1 unspecified atom stereocenters. The molecule has 1 atom stereocenters. The Morgan fingerprint density at radius 3 is 2.47 bits per heavy atom. The minimum atomic E-state index is 0.368. The van der Waals surface area contributed by atoms with Gasteiger partial charge in [0.2, 0.25) is 0 Å². The summed E-state index contributed by atoms with van der Waals surface area (Å²) in [6.07, 6.45) is 0. The Morgan fingerprint density at radius 2 is 1.94 bits per heavy atom. The molecule has 0 spiro atoms. The minimum Gasteiger partial charge on any atom is -0.493 e. The predicted molar refractivity (Wildman–Crippen MR) is 74.0 cm³/mol. The molecule has 1 aromatic rings. The van der Waals surface area contributed by atoms with E-state index < -0.39 is 0 Å². The molecule has 0 aliphatic heterocycles. The van der Waals surface area contributed by atoms with Crippen LogP contribution < -0.4 is 10.5 Å². The number of ether oxygens (including phenoxy) is 1. The van der Waals surface area contributed by atoms with Crippen molar-refractivity contribution in [1.29, 1.82) is 0 Å². The average Bonchev–Trinajstić information content (AvgIpc) is 2.26. The van der Waals surface area contributed by atoms with Gasteiger partial charge in [-0.15, -0.1) is 0 Å². The second-order valence-corrected chi connectivity index (χ2v) is 5.35. The molecular weight excluding hydrogens is 234 g/mol. The third-order valence-corrected chi connectivity index (χ3v) is 3.17. The number of hydrogen-bond donors (Lipinski definition) is 1. The van der Waals surface area contributed by atoms with Gasteiger partial charge in [-0.25, -0.2) is 0 Å². The molecule has 3 heteroatoms. The number of nitrogens with two attached hydrogens (primary N) is 1. The maximum Gasteiger partial charge on any atom is 0.122 e. The molecule has 0 saturated heterocycles. The van der Waals surface area contributed by atoms with Crippen LogP contribution >= 0.6 is 11.6 Å². The molecule has 0 aliphatic rings. The highest BCUT2D eigenvalue weighted by Gasteiger charge is 2.10. The molecule has 0 saturated carbocycles. The van der Waals surface area contributed by atoms with Crippen LogP contribution in [0.4, 0.5) is 0 Å². The highest BCUT2D eigenvalue weighted by molar-refractivity contribution is 6.31. The van der Waals surface area contributed by atoms with Crippen LogP contribution in [0.15, 0.2) is 12.1 Å². The summed E-state index contributed by atoms with van der Waals surface area (Å²) < 4.78 is 5.80. The van der Waals surface area contributed by atoms with Crippen molar-refractivity contribution in [2.24, 2.45) is 11.7 Å². The second-order valence-electron chi connectivity index (χ2n) is 4.95. The molecular formula is C14H22ClNO. The van der Waals surface area contributed by atoms with Crippen molar-refractivity contribution in [3.05, 3.63) is 28.3 Å². The lowest BCUT2D eigenvalue weighted by atomic mass is 10.0. The molecule has 2 nitrogen and oxygen atoms in total. The summed E-state index contributed by atoms with van der Waals surface area (Å²) >= 11 is 6.21. The van der Waals surface area contributed by atoms with Gasteiger partial charge in [0.15, 0.2) is 0 Å². The lowest BCUT2D eigenvalue weighted by Gasteiger charge is -2.16.